The van der Waals surface area contributed by atoms with Gasteiger partial charge in [-0.1, -0.05) is 0 Å². The third-order valence-electron chi connectivity index (χ3n) is 2.27. The molecule has 96 valence electrons. The molecule has 0 aliphatic rings. The van der Waals surface area contributed by atoms with E-state index >= 15 is 0 Å². The van der Waals surface area contributed by atoms with E-state index < -0.39 is 10.0 Å². The molecule has 0 atom stereocenters. The Kier molecular flexibility index (Phi) is 5.24. The van der Waals surface area contributed by atoms with E-state index in [0.29, 0.717) is 10.8 Å². The Hall–Kier alpha value is -0.780. The Morgan fingerprint density at radius 2 is 1.82 bits per heavy atom. The number of sulfonamides is 1. The van der Waals surface area contributed by atoms with Crippen LogP contribution in [0.3, 0.4) is 0 Å². The molecule has 1 N–H and O–H groups in total. The van der Waals surface area contributed by atoms with Gasteiger partial charge in [-0.25, -0.2) is 12.7 Å². The Labute approximate surface area is 108 Å². The average molecular weight is 277 g/mol. The number of rotatable bonds is 6. The normalized spacial score (nSPS) is 11.8. The summed E-state index contributed by atoms with van der Waals surface area (Å²) in [5.41, 5.74) is 0.896. The summed E-state index contributed by atoms with van der Waals surface area (Å²) in [4.78, 5) is 0.297. The minimum atomic E-state index is -3.33. The standard InChI is InChI=1S/C11H17ClN2O2S/c1-14(2)17(15,16)11-6-4-10(5-7-11)13-9-3-8-12/h4-7,13H,3,8-9H2,1-2H3. The lowest BCUT2D eigenvalue weighted by Crippen LogP contribution is -2.22. The van der Waals surface area contributed by atoms with Gasteiger partial charge in [0.15, 0.2) is 0 Å². The van der Waals surface area contributed by atoms with Crippen molar-refractivity contribution in [2.75, 3.05) is 31.8 Å². The van der Waals surface area contributed by atoms with Gasteiger partial charge in [0.1, 0.15) is 0 Å². The number of hydrogen-bond acceptors (Lipinski definition) is 3. The van der Waals surface area contributed by atoms with Crippen LogP contribution in [0.5, 0.6) is 0 Å². The molecular weight excluding hydrogens is 260 g/mol. The van der Waals surface area contributed by atoms with E-state index in [9.17, 15) is 8.42 Å². The van der Waals surface area contributed by atoms with Gasteiger partial charge < -0.3 is 5.32 Å². The summed E-state index contributed by atoms with van der Waals surface area (Å²) < 4.78 is 24.8. The summed E-state index contributed by atoms with van der Waals surface area (Å²) in [7, 11) is -0.303. The topological polar surface area (TPSA) is 49.4 Å². The second-order valence-corrected chi connectivity index (χ2v) is 6.31. The molecule has 6 heteroatoms. The van der Waals surface area contributed by atoms with Crippen LogP contribution in [-0.4, -0.2) is 39.2 Å². The summed E-state index contributed by atoms with van der Waals surface area (Å²) >= 11 is 5.56. The van der Waals surface area contributed by atoms with Crippen molar-refractivity contribution < 1.29 is 8.42 Å². The fourth-order valence-electron chi connectivity index (χ4n) is 1.26. The first-order valence-corrected chi connectivity index (χ1v) is 7.28. The first-order chi connectivity index (χ1) is 7.98. The first-order valence-electron chi connectivity index (χ1n) is 5.31. The van der Waals surface area contributed by atoms with Crippen molar-refractivity contribution in [3.05, 3.63) is 24.3 Å². The molecule has 0 fully saturated rings. The maximum absolute atomic E-state index is 11.8. The molecular formula is C11H17ClN2O2S. The number of halogens is 1. The van der Waals surface area contributed by atoms with E-state index in [1.54, 1.807) is 24.3 Å². The average Bonchev–Trinajstić information content (AvgIpc) is 2.30. The third kappa shape index (κ3) is 3.87. The zero-order chi connectivity index (χ0) is 12.9. The van der Waals surface area contributed by atoms with Crippen molar-refractivity contribution in [3.8, 4) is 0 Å². The lowest BCUT2D eigenvalue weighted by molar-refractivity contribution is 0.521. The van der Waals surface area contributed by atoms with Gasteiger partial charge >= 0.3 is 0 Å². The van der Waals surface area contributed by atoms with Gasteiger partial charge in [0, 0.05) is 32.2 Å². The van der Waals surface area contributed by atoms with Crippen LogP contribution in [0.25, 0.3) is 0 Å². The number of nitrogens with one attached hydrogen (secondary N) is 1. The molecule has 0 saturated heterocycles. The van der Waals surface area contributed by atoms with Gasteiger partial charge in [0.25, 0.3) is 0 Å². The molecule has 1 aromatic carbocycles. The third-order valence-corrected chi connectivity index (χ3v) is 4.37. The van der Waals surface area contributed by atoms with E-state index in [-0.39, 0.29) is 0 Å². The Morgan fingerprint density at radius 3 is 2.29 bits per heavy atom. The number of nitrogens with zero attached hydrogens (tertiary/aromatic N) is 1. The van der Waals surface area contributed by atoms with E-state index in [2.05, 4.69) is 5.32 Å². The molecule has 0 aliphatic heterocycles. The number of benzene rings is 1. The monoisotopic (exact) mass is 276 g/mol. The van der Waals surface area contributed by atoms with E-state index in [1.165, 1.54) is 18.4 Å². The maximum Gasteiger partial charge on any atom is 0.242 e. The minimum Gasteiger partial charge on any atom is -0.385 e. The lowest BCUT2D eigenvalue weighted by atomic mass is 10.3. The Morgan fingerprint density at radius 1 is 1.24 bits per heavy atom. The van der Waals surface area contributed by atoms with Crippen molar-refractivity contribution in [1.29, 1.82) is 0 Å². The second kappa shape index (κ2) is 6.23. The molecule has 0 bridgehead atoms. The summed E-state index contributed by atoms with van der Waals surface area (Å²) in [5.74, 6) is 0.611. The molecule has 17 heavy (non-hydrogen) atoms. The highest BCUT2D eigenvalue weighted by atomic mass is 35.5. The van der Waals surface area contributed by atoms with Crippen LogP contribution >= 0.6 is 11.6 Å². The van der Waals surface area contributed by atoms with Crippen LogP contribution in [0.2, 0.25) is 0 Å². The molecule has 0 amide bonds. The van der Waals surface area contributed by atoms with Crippen molar-refractivity contribution in [2.45, 2.75) is 11.3 Å². The Balaban J connectivity index is 2.75. The number of alkyl halides is 1. The van der Waals surface area contributed by atoms with Gasteiger partial charge in [-0.3, -0.25) is 0 Å². The zero-order valence-electron chi connectivity index (χ0n) is 9.98. The van der Waals surface area contributed by atoms with Gasteiger partial charge in [-0.2, -0.15) is 0 Å². The highest BCUT2D eigenvalue weighted by Gasteiger charge is 2.16. The molecule has 0 aliphatic carbocycles. The Bertz CT molecular complexity index is 443. The molecule has 0 heterocycles. The molecule has 1 rings (SSSR count). The maximum atomic E-state index is 11.8. The van der Waals surface area contributed by atoms with E-state index in [0.717, 1.165) is 18.7 Å². The summed E-state index contributed by atoms with van der Waals surface area (Å²) in [6, 6.07) is 6.70. The summed E-state index contributed by atoms with van der Waals surface area (Å²) in [5, 5.41) is 3.16. The fraction of sp³-hybridized carbons (Fsp3) is 0.455. The molecule has 1 aromatic rings. The number of hydrogen-bond donors (Lipinski definition) is 1. The minimum absolute atomic E-state index is 0.297. The highest BCUT2D eigenvalue weighted by Crippen LogP contribution is 2.16. The van der Waals surface area contributed by atoms with Crippen molar-refractivity contribution in [2.24, 2.45) is 0 Å². The van der Waals surface area contributed by atoms with Crippen LogP contribution in [0, 0.1) is 0 Å². The van der Waals surface area contributed by atoms with Crippen LogP contribution in [0.4, 0.5) is 5.69 Å². The second-order valence-electron chi connectivity index (χ2n) is 3.78. The first kappa shape index (κ1) is 14.3. The van der Waals surface area contributed by atoms with Gasteiger partial charge in [-0.05, 0) is 30.7 Å². The molecule has 0 spiro atoms. The largest absolute Gasteiger partial charge is 0.385 e. The highest BCUT2D eigenvalue weighted by molar-refractivity contribution is 7.89. The molecule has 0 saturated carbocycles. The number of anilines is 1. The fourth-order valence-corrected chi connectivity index (χ4v) is 2.29. The predicted octanol–water partition coefficient (Wildman–Crippen LogP) is 1.98. The van der Waals surface area contributed by atoms with Crippen LogP contribution in [-0.2, 0) is 10.0 Å². The van der Waals surface area contributed by atoms with Gasteiger partial charge in [0.05, 0.1) is 4.90 Å². The van der Waals surface area contributed by atoms with E-state index in [1.807, 2.05) is 0 Å². The zero-order valence-corrected chi connectivity index (χ0v) is 11.6. The predicted molar refractivity (Wildman–Crippen MR) is 71.1 cm³/mol. The van der Waals surface area contributed by atoms with Crippen molar-refractivity contribution >= 4 is 27.3 Å². The molecule has 0 radical (unpaired) electrons. The summed E-state index contributed by atoms with van der Waals surface area (Å²) in [6.07, 6.45) is 0.874. The SMILES string of the molecule is CN(C)S(=O)(=O)c1ccc(NCCCCl)cc1. The van der Waals surface area contributed by atoms with Crippen LogP contribution in [0.15, 0.2) is 29.2 Å². The van der Waals surface area contributed by atoms with Crippen LogP contribution in [0.1, 0.15) is 6.42 Å². The van der Waals surface area contributed by atoms with Crippen LogP contribution < -0.4 is 5.32 Å². The summed E-state index contributed by atoms with van der Waals surface area (Å²) in [6.45, 7) is 0.781. The van der Waals surface area contributed by atoms with Gasteiger partial charge in [-0.15, -0.1) is 11.6 Å². The molecule has 4 nitrogen and oxygen atoms in total. The van der Waals surface area contributed by atoms with Crippen molar-refractivity contribution in [1.82, 2.24) is 4.31 Å². The smallest absolute Gasteiger partial charge is 0.242 e. The molecule has 0 aromatic heterocycles. The molecule has 0 unspecified atom stereocenters. The van der Waals surface area contributed by atoms with Gasteiger partial charge in [0.2, 0.25) is 10.0 Å². The lowest BCUT2D eigenvalue weighted by Gasteiger charge is -2.12. The van der Waals surface area contributed by atoms with Crippen molar-refractivity contribution in [3.63, 3.8) is 0 Å². The van der Waals surface area contributed by atoms with E-state index in [4.69, 9.17) is 11.6 Å². The quantitative estimate of drug-likeness (QED) is 0.638.